The number of rotatable bonds is 4. The number of aliphatic carboxylic acids is 1. The van der Waals surface area contributed by atoms with E-state index in [0.717, 1.165) is 11.1 Å². The minimum absolute atomic E-state index is 0.0998. The van der Waals surface area contributed by atoms with Crippen LogP contribution in [0.3, 0.4) is 0 Å². The number of fused-ring (bicyclic) bond motifs is 1. The van der Waals surface area contributed by atoms with Crippen LogP contribution in [0.1, 0.15) is 11.5 Å². The van der Waals surface area contributed by atoms with Gasteiger partial charge in [0, 0.05) is 0 Å². The Labute approximate surface area is 157 Å². The van der Waals surface area contributed by atoms with Crippen LogP contribution < -0.4 is 4.31 Å². The normalized spacial score (nSPS) is 16.1. The molecule has 4 rings (SSSR count). The Hall–Kier alpha value is -3.12. The van der Waals surface area contributed by atoms with Crippen LogP contribution in [0.5, 0.6) is 0 Å². The van der Waals surface area contributed by atoms with Crippen molar-refractivity contribution in [1.29, 1.82) is 0 Å². The fourth-order valence-corrected chi connectivity index (χ4v) is 4.89. The van der Waals surface area contributed by atoms with E-state index < -0.39 is 21.9 Å². The Morgan fingerprint density at radius 1 is 0.852 bits per heavy atom. The van der Waals surface area contributed by atoms with Gasteiger partial charge in [-0.2, -0.15) is 0 Å². The van der Waals surface area contributed by atoms with Crippen LogP contribution in [0.4, 0.5) is 5.69 Å². The predicted molar refractivity (Wildman–Crippen MR) is 103 cm³/mol. The molecule has 5 nitrogen and oxygen atoms in total. The van der Waals surface area contributed by atoms with Crippen molar-refractivity contribution in [2.75, 3.05) is 10.8 Å². The summed E-state index contributed by atoms with van der Waals surface area (Å²) in [6.45, 7) is -0.0998. The molecule has 0 spiro atoms. The lowest BCUT2D eigenvalue weighted by atomic mass is 10.0. The Morgan fingerprint density at radius 3 is 2.11 bits per heavy atom. The van der Waals surface area contributed by atoms with Crippen molar-refractivity contribution in [2.24, 2.45) is 0 Å². The molecule has 0 saturated heterocycles. The van der Waals surface area contributed by atoms with Gasteiger partial charge in [-0.25, -0.2) is 8.42 Å². The van der Waals surface area contributed by atoms with Crippen molar-refractivity contribution < 1.29 is 18.3 Å². The van der Waals surface area contributed by atoms with Gasteiger partial charge in [0.05, 0.1) is 17.1 Å². The summed E-state index contributed by atoms with van der Waals surface area (Å²) in [5.41, 5.74) is 2.87. The average Bonchev–Trinajstić information content (AvgIpc) is 3.10. The average molecular weight is 379 g/mol. The van der Waals surface area contributed by atoms with Crippen molar-refractivity contribution in [3.63, 3.8) is 0 Å². The molecule has 0 aliphatic carbocycles. The first kappa shape index (κ1) is 17.3. The van der Waals surface area contributed by atoms with Crippen LogP contribution in [-0.2, 0) is 14.8 Å². The molecule has 0 radical (unpaired) electrons. The van der Waals surface area contributed by atoms with Gasteiger partial charge in [-0.15, -0.1) is 0 Å². The van der Waals surface area contributed by atoms with E-state index in [1.54, 1.807) is 48.5 Å². The van der Waals surface area contributed by atoms with E-state index in [-0.39, 0.29) is 11.4 Å². The third-order valence-corrected chi connectivity index (χ3v) is 6.57. The molecule has 27 heavy (non-hydrogen) atoms. The molecule has 1 N–H and O–H groups in total. The monoisotopic (exact) mass is 379 g/mol. The number of sulfonamides is 1. The van der Waals surface area contributed by atoms with Crippen LogP contribution in [0, 0.1) is 0 Å². The molecule has 1 heterocycles. The van der Waals surface area contributed by atoms with E-state index in [1.807, 2.05) is 30.3 Å². The Kier molecular flexibility index (Phi) is 4.20. The molecule has 6 heteroatoms. The third-order valence-electron chi connectivity index (χ3n) is 4.78. The molecular formula is C21H17NO4S. The lowest BCUT2D eigenvalue weighted by Crippen LogP contribution is -2.31. The smallest absolute Gasteiger partial charge is 0.312 e. The van der Waals surface area contributed by atoms with Crippen molar-refractivity contribution >= 4 is 21.7 Å². The molecule has 0 bridgehead atoms. The van der Waals surface area contributed by atoms with Crippen LogP contribution in [0.2, 0.25) is 0 Å². The molecule has 136 valence electrons. The van der Waals surface area contributed by atoms with Crippen LogP contribution in [0.25, 0.3) is 11.1 Å². The second kappa shape index (κ2) is 6.55. The molecule has 0 fully saturated rings. The zero-order valence-electron chi connectivity index (χ0n) is 14.3. The number of para-hydroxylation sites is 1. The molecule has 3 aromatic rings. The maximum atomic E-state index is 13.1. The van der Waals surface area contributed by atoms with Gasteiger partial charge in [-0.05, 0) is 34.9 Å². The number of anilines is 1. The Morgan fingerprint density at radius 2 is 1.44 bits per heavy atom. The summed E-state index contributed by atoms with van der Waals surface area (Å²) < 4.78 is 27.5. The Bertz CT molecular complexity index is 1090. The van der Waals surface area contributed by atoms with E-state index in [1.165, 1.54) is 4.31 Å². The number of nitrogens with zero attached hydrogens (tertiary/aromatic N) is 1. The number of benzene rings is 3. The highest BCUT2D eigenvalue weighted by Crippen LogP contribution is 2.39. The quantitative estimate of drug-likeness (QED) is 0.749. The largest absolute Gasteiger partial charge is 0.481 e. The lowest BCUT2D eigenvalue weighted by molar-refractivity contribution is -0.138. The summed E-state index contributed by atoms with van der Waals surface area (Å²) >= 11 is 0. The van der Waals surface area contributed by atoms with Gasteiger partial charge < -0.3 is 5.11 Å². The zero-order chi connectivity index (χ0) is 19.0. The highest BCUT2D eigenvalue weighted by atomic mass is 32.2. The first-order valence-corrected chi connectivity index (χ1v) is 9.92. The van der Waals surface area contributed by atoms with Crippen LogP contribution >= 0.6 is 0 Å². The molecule has 0 aromatic heterocycles. The second-order valence-electron chi connectivity index (χ2n) is 6.38. The fourth-order valence-electron chi connectivity index (χ4n) is 3.39. The van der Waals surface area contributed by atoms with E-state index >= 15 is 0 Å². The second-order valence-corrected chi connectivity index (χ2v) is 8.24. The number of hydrogen-bond acceptors (Lipinski definition) is 3. The number of hydrogen-bond donors (Lipinski definition) is 1. The van der Waals surface area contributed by atoms with Gasteiger partial charge in [0.15, 0.2) is 0 Å². The van der Waals surface area contributed by atoms with Crippen molar-refractivity contribution in [3.05, 3.63) is 84.4 Å². The number of carboxylic acids is 1. The fraction of sp³-hybridized carbons (Fsp3) is 0.0952. The molecule has 1 aliphatic rings. The highest BCUT2D eigenvalue weighted by Gasteiger charge is 2.39. The van der Waals surface area contributed by atoms with Crippen molar-refractivity contribution in [3.8, 4) is 11.1 Å². The summed E-state index contributed by atoms with van der Waals surface area (Å²) in [7, 11) is -3.85. The summed E-state index contributed by atoms with van der Waals surface area (Å²) in [5, 5.41) is 9.46. The molecular weight excluding hydrogens is 362 g/mol. The first-order valence-electron chi connectivity index (χ1n) is 8.48. The van der Waals surface area contributed by atoms with E-state index in [0.29, 0.717) is 11.3 Å². The van der Waals surface area contributed by atoms with Gasteiger partial charge in [-0.3, -0.25) is 9.10 Å². The van der Waals surface area contributed by atoms with Crippen molar-refractivity contribution in [2.45, 2.75) is 10.8 Å². The van der Waals surface area contributed by atoms with E-state index in [9.17, 15) is 18.3 Å². The zero-order valence-corrected chi connectivity index (χ0v) is 15.1. The number of carboxylic acid groups (broad SMARTS) is 1. The van der Waals surface area contributed by atoms with Gasteiger partial charge >= 0.3 is 5.97 Å². The lowest BCUT2D eigenvalue weighted by Gasteiger charge is -2.20. The number of carbonyl (C=O) groups is 1. The van der Waals surface area contributed by atoms with Gasteiger partial charge in [0.2, 0.25) is 0 Å². The van der Waals surface area contributed by atoms with Gasteiger partial charge in [-0.1, -0.05) is 60.7 Å². The van der Waals surface area contributed by atoms with Crippen LogP contribution in [-0.4, -0.2) is 26.0 Å². The van der Waals surface area contributed by atoms with E-state index in [4.69, 9.17) is 0 Å². The summed E-state index contributed by atoms with van der Waals surface area (Å²) in [6.07, 6.45) is 0. The van der Waals surface area contributed by atoms with E-state index in [2.05, 4.69) is 0 Å². The molecule has 1 aliphatic heterocycles. The van der Waals surface area contributed by atoms with Crippen LogP contribution in [0.15, 0.2) is 83.8 Å². The molecule has 1 unspecified atom stereocenters. The minimum atomic E-state index is -3.85. The summed E-state index contributed by atoms with van der Waals surface area (Å²) in [6, 6.07) is 23.1. The topological polar surface area (TPSA) is 74.7 Å². The molecule has 1 atom stereocenters. The molecule has 0 saturated carbocycles. The first-order chi connectivity index (χ1) is 13.0. The molecule has 3 aromatic carbocycles. The van der Waals surface area contributed by atoms with Crippen molar-refractivity contribution in [1.82, 2.24) is 0 Å². The third kappa shape index (κ3) is 2.98. The maximum absolute atomic E-state index is 13.1. The standard InChI is InChI=1S/C21H17NO4S/c23-21(24)19-14-22(20-9-5-4-8-18(19)20)27(25,26)17-12-10-16(11-13-17)15-6-2-1-3-7-15/h1-13,19H,14H2,(H,23,24). The van der Waals surface area contributed by atoms with Gasteiger partial charge in [0.25, 0.3) is 10.0 Å². The molecule has 0 amide bonds. The van der Waals surface area contributed by atoms with Gasteiger partial charge in [0.1, 0.15) is 5.92 Å². The summed E-state index contributed by atoms with van der Waals surface area (Å²) in [5.74, 6) is -1.89. The SMILES string of the molecule is O=C(O)C1CN(S(=O)(=O)c2ccc(-c3ccccc3)cc2)c2ccccc21. The maximum Gasteiger partial charge on any atom is 0.312 e. The predicted octanol–water partition coefficient (Wildman–Crippen LogP) is 3.73. The minimum Gasteiger partial charge on any atom is -0.481 e. The Balaban J connectivity index is 1.71. The highest BCUT2D eigenvalue weighted by molar-refractivity contribution is 7.92. The summed E-state index contributed by atoms with van der Waals surface area (Å²) in [4.78, 5) is 11.7.